The van der Waals surface area contributed by atoms with E-state index in [1.807, 2.05) is 17.0 Å². The predicted molar refractivity (Wildman–Crippen MR) is 115 cm³/mol. The lowest BCUT2D eigenvalue weighted by Crippen LogP contribution is -2.54. The van der Waals surface area contributed by atoms with Gasteiger partial charge in [-0.15, -0.1) is 0 Å². The van der Waals surface area contributed by atoms with Crippen LogP contribution in [0.2, 0.25) is 5.02 Å². The van der Waals surface area contributed by atoms with Crippen LogP contribution in [0.25, 0.3) is 0 Å². The van der Waals surface area contributed by atoms with Gasteiger partial charge in [-0.25, -0.2) is 13.8 Å². The van der Waals surface area contributed by atoms with Crippen LogP contribution in [0.5, 0.6) is 5.75 Å². The smallest absolute Gasteiger partial charge is 0.254 e. The summed E-state index contributed by atoms with van der Waals surface area (Å²) in [4.78, 5) is 18.3. The van der Waals surface area contributed by atoms with Crippen molar-refractivity contribution in [2.45, 2.75) is 6.10 Å². The van der Waals surface area contributed by atoms with Gasteiger partial charge in [-0.1, -0.05) is 17.7 Å². The highest BCUT2D eigenvalue weighted by Crippen LogP contribution is 2.27. The Labute approximate surface area is 182 Å². The van der Waals surface area contributed by atoms with Gasteiger partial charge in [-0.2, -0.15) is 0 Å². The van der Waals surface area contributed by atoms with Gasteiger partial charge in [-0.3, -0.25) is 4.79 Å². The Kier molecular flexibility index (Phi) is 5.90. The highest BCUT2D eigenvalue weighted by atomic mass is 35.5. The second-order valence-corrected chi connectivity index (χ2v) is 7.44. The van der Waals surface area contributed by atoms with E-state index in [0.29, 0.717) is 29.6 Å². The molecule has 1 amide bonds. The van der Waals surface area contributed by atoms with Gasteiger partial charge in [0.25, 0.3) is 5.91 Å². The third-order valence-corrected chi connectivity index (χ3v) is 5.04. The average molecular weight is 445 g/mol. The molecule has 0 bridgehead atoms. The molecule has 0 radical (unpaired) electrons. The molecule has 160 valence electrons. The molecule has 2 aromatic carbocycles. The van der Waals surface area contributed by atoms with Crippen molar-refractivity contribution in [2.24, 2.45) is 0 Å². The van der Waals surface area contributed by atoms with Gasteiger partial charge >= 0.3 is 0 Å². The van der Waals surface area contributed by atoms with Crippen molar-refractivity contribution in [1.29, 1.82) is 0 Å². The first-order valence-corrected chi connectivity index (χ1v) is 9.93. The van der Waals surface area contributed by atoms with Gasteiger partial charge in [0.2, 0.25) is 0 Å². The van der Waals surface area contributed by atoms with Crippen molar-refractivity contribution in [1.82, 2.24) is 10.3 Å². The fourth-order valence-corrected chi connectivity index (χ4v) is 3.34. The van der Waals surface area contributed by atoms with Gasteiger partial charge in [0, 0.05) is 17.8 Å². The lowest BCUT2D eigenvalue weighted by molar-refractivity contribution is 0.0959. The van der Waals surface area contributed by atoms with Crippen LogP contribution in [-0.2, 0) is 0 Å². The van der Waals surface area contributed by atoms with E-state index in [1.165, 1.54) is 37.4 Å². The number of rotatable bonds is 6. The number of aromatic nitrogens is 1. The molecule has 1 fully saturated rings. The SMILES string of the molecule is CNC(=O)c1cc(Nc2cccc(N3CC(Oc4ccc(Cl)cc4F)C3)n2)ccc1F. The molecule has 1 aromatic heterocycles. The minimum absolute atomic E-state index is 0.0548. The number of ether oxygens (including phenoxy) is 1. The molecule has 1 aliphatic rings. The van der Waals surface area contributed by atoms with Crippen LogP contribution in [0.15, 0.2) is 54.6 Å². The summed E-state index contributed by atoms with van der Waals surface area (Å²) in [6.07, 6.45) is -0.165. The normalized spacial score (nSPS) is 13.5. The molecule has 0 spiro atoms. The molecular formula is C22H19ClF2N4O2. The Morgan fingerprint density at radius 1 is 1.13 bits per heavy atom. The molecule has 4 rings (SSSR count). The van der Waals surface area contributed by atoms with Crippen molar-refractivity contribution >= 4 is 34.8 Å². The third-order valence-electron chi connectivity index (χ3n) is 4.80. The van der Waals surface area contributed by atoms with E-state index in [9.17, 15) is 13.6 Å². The van der Waals surface area contributed by atoms with Crippen LogP contribution in [-0.4, -0.2) is 37.1 Å². The molecule has 0 aliphatic carbocycles. The summed E-state index contributed by atoms with van der Waals surface area (Å²) >= 11 is 5.76. The van der Waals surface area contributed by atoms with E-state index in [4.69, 9.17) is 16.3 Å². The van der Waals surface area contributed by atoms with Crippen molar-refractivity contribution in [3.8, 4) is 5.75 Å². The van der Waals surface area contributed by atoms with E-state index < -0.39 is 17.5 Å². The summed E-state index contributed by atoms with van der Waals surface area (Å²) < 4.78 is 33.4. The quantitative estimate of drug-likeness (QED) is 0.590. The van der Waals surface area contributed by atoms with E-state index in [2.05, 4.69) is 15.6 Å². The number of carbonyl (C=O) groups excluding carboxylic acids is 1. The standard InChI is InChI=1S/C22H19ClF2N4O2/c1-26-22(30)16-10-14(6-7-17(16)24)27-20-3-2-4-21(28-20)29-11-15(12-29)31-19-8-5-13(23)9-18(19)25/h2-10,15H,11-12H2,1H3,(H,26,30)(H,27,28). The first-order valence-electron chi connectivity index (χ1n) is 9.55. The van der Waals surface area contributed by atoms with Crippen molar-refractivity contribution in [3.05, 3.63) is 76.8 Å². The maximum absolute atomic E-state index is 13.9. The lowest BCUT2D eigenvalue weighted by Gasteiger charge is -2.39. The molecule has 31 heavy (non-hydrogen) atoms. The number of pyridine rings is 1. The highest BCUT2D eigenvalue weighted by Gasteiger charge is 2.30. The Hall–Kier alpha value is -3.39. The Bertz CT molecular complexity index is 1120. The zero-order valence-corrected chi connectivity index (χ0v) is 17.3. The fraction of sp³-hybridized carbons (Fsp3) is 0.182. The second kappa shape index (κ2) is 8.77. The minimum atomic E-state index is -0.602. The number of hydrogen-bond acceptors (Lipinski definition) is 5. The molecule has 0 saturated carbocycles. The van der Waals surface area contributed by atoms with Crippen molar-refractivity contribution in [2.75, 3.05) is 30.4 Å². The number of amides is 1. The predicted octanol–water partition coefficient (Wildman–Crippen LogP) is 4.38. The van der Waals surface area contributed by atoms with Gasteiger partial charge in [0.1, 0.15) is 23.6 Å². The molecule has 2 heterocycles. The zero-order chi connectivity index (χ0) is 22.0. The first kappa shape index (κ1) is 20.9. The maximum Gasteiger partial charge on any atom is 0.254 e. The van der Waals surface area contributed by atoms with Gasteiger partial charge in [0.05, 0.1) is 18.7 Å². The topological polar surface area (TPSA) is 66.5 Å². The molecule has 1 saturated heterocycles. The van der Waals surface area contributed by atoms with Crippen LogP contribution in [0.3, 0.4) is 0 Å². The molecule has 6 nitrogen and oxygen atoms in total. The van der Waals surface area contributed by atoms with Crippen LogP contribution in [0.4, 0.5) is 26.1 Å². The highest BCUT2D eigenvalue weighted by molar-refractivity contribution is 6.30. The number of halogens is 3. The molecule has 1 aliphatic heterocycles. The largest absolute Gasteiger partial charge is 0.484 e. The maximum atomic E-state index is 13.9. The van der Waals surface area contributed by atoms with E-state index in [0.717, 1.165) is 5.82 Å². The van der Waals surface area contributed by atoms with E-state index in [-0.39, 0.29) is 17.4 Å². The van der Waals surface area contributed by atoms with Crippen molar-refractivity contribution < 1.29 is 18.3 Å². The summed E-state index contributed by atoms with van der Waals surface area (Å²) in [6.45, 7) is 1.10. The van der Waals surface area contributed by atoms with Gasteiger partial charge in [-0.05, 0) is 48.5 Å². The third kappa shape index (κ3) is 4.69. The first-order chi connectivity index (χ1) is 14.9. The molecule has 0 unspecified atom stereocenters. The van der Waals surface area contributed by atoms with Crippen LogP contribution in [0, 0.1) is 11.6 Å². The Morgan fingerprint density at radius 3 is 2.68 bits per heavy atom. The van der Waals surface area contributed by atoms with Crippen LogP contribution in [0.1, 0.15) is 10.4 Å². The summed E-state index contributed by atoms with van der Waals surface area (Å²) in [5.41, 5.74) is 0.480. The molecule has 0 atom stereocenters. The van der Waals surface area contributed by atoms with E-state index in [1.54, 1.807) is 12.1 Å². The second-order valence-electron chi connectivity index (χ2n) is 7.00. The molecule has 3 aromatic rings. The number of hydrogen-bond donors (Lipinski definition) is 2. The summed E-state index contributed by atoms with van der Waals surface area (Å²) in [5, 5.41) is 5.81. The molecular weight excluding hydrogens is 426 g/mol. The van der Waals surface area contributed by atoms with Crippen LogP contribution >= 0.6 is 11.6 Å². The number of anilines is 3. The molecule has 2 N–H and O–H groups in total. The summed E-state index contributed by atoms with van der Waals surface area (Å²) in [5.74, 6) is -0.177. The fourth-order valence-electron chi connectivity index (χ4n) is 3.18. The number of carbonyl (C=O) groups is 1. The monoisotopic (exact) mass is 444 g/mol. The number of nitrogens with zero attached hydrogens (tertiary/aromatic N) is 2. The van der Waals surface area contributed by atoms with Gasteiger partial charge < -0.3 is 20.3 Å². The lowest BCUT2D eigenvalue weighted by atomic mass is 10.1. The molecule has 9 heteroatoms. The van der Waals surface area contributed by atoms with Gasteiger partial charge in [0.15, 0.2) is 11.6 Å². The summed E-state index contributed by atoms with van der Waals surface area (Å²) in [6, 6.07) is 14.0. The number of nitrogens with one attached hydrogen (secondary N) is 2. The minimum Gasteiger partial charge on any atom is -0.484 e. The van der Waals surface area contributed by atoms with E-state index >= 15 is 0 Å². The number of benzene rings is 2. The van der Waals surface area contributed by atoms with Crippen LogP contribution < -0.4 is 20.3 Å². The Morgan fingerprint density at radius 2 is 1.94 bits per heavy atom. The summed E-state index contributed by atoms with van der Waals surface area (Å²) in [7, 11) is 1.44. The average Bonchev–Trinajstić information content (AvgIpc) is 2.72. The van der Waals surface area contributed by atoms with Crippen molar-refractivity contribution in [3.63, 3.8) is 0 Å². The Balaban J connectivity index is 1.40. The zero-order valence-electron chi connectivity index (χ0n) is 16.5.